The Kier molecular flexibility index (Phi) is 3.52. The van der Waals surface area contributed by atoms with Gasteiger partial charge in [-0.2, -0.15) is 0 Å². The molecule has 0 aliphatic heterocycles. The quantitative estimate of drug-likeness (QED) is 0.918. The van der Waals surface area contributed by atoms with Crippen LogP contribution in [-0.2, 0) is 0 Å². The van der Waals surface area contributed by atoms with Gasteiger partial charge in [-0.05, 0) is 38.7 Å². The molecule has 2 rings (SSSR count). The van der Waals surface area contributed by atoms with Crippen molar-refractivity contribution >= 4 is 16.9 Å². The molecule has 0 fully saturated rings. The fourth-order valence-electron chi connectivity index (χ4n) is 2.99. The monoisotopic (exact) mass is 260 g/mol. The van der Waals surface area contributed by atoms with Gasteiger partial charge in [-0.1, -0.05) is 20.8 Å². The zero-order chi connectivity index (χ0) is 14.3. The van der Waals surface area contributed by atoms with Crippen molar-refractivity contribution in [3.8, 4) is 0 Å². The Morgan fingerprint density at radius 2 is 1.79 bits per heavy atom. The highest BCUT2D eigenvalue weighted by Gasteiger charge is 2.22. The van der Waals surface area contributed by atoms with Crippen LogP contribution in [0.5, 0.6) is 0 Å². The predicted octanol–water partition coefficient (Wildman–Crippen LogP) is 3.55. The highest BCUT2D eigenvalue weighted by atomic mass is 15.1. The smallest absolute Gasteiger partial charge is 0.146 e. The molecule has 2 aromatic rings. The minimum absolute atomic E-state index is 0.449. The van der Waals surface area contributed by atoms with Crippen LogP contribution in [0, 0.1) is 26.7 Å². The molecule has 2 heterocycles. The molecule has 4 heteroatoms. The molecule has 19 heavy (non-hydrogen) atoms. The Morgan fingerprint density at radius 1 is 1.16 bits per heavy atom. The normalized spacial score (nSPS) is 13.4. The summed E-state index contributed by atoms with van der Waals surface area (Å²) in [5.74, 6) is 1.90. The van der Waals surface area contributed by atoms with Gasteiger partial charge in [0.25, 0.3) is 0 Å². The van der Waals surface area contributed by atoms with Gasteiger partial charge in [0, 0.05) is 11.7 Å². The Morgan fingerprint density at radius 3 is 2.32 bits per heavy atom. The van der Waals surface area contributed by atoms with E-state index < -0.39 is 0 Å². The zero-order valence-electron chi connectivity index (χ0n) is 12.8. The molecule has 0 radical (unpaired) electrons. The largest absolute Gasteiger partial charge is 0.383 e. The lowest BCUT2D eigenvalue weighted by Crippen LogP contribution is -2.16. The molecule has 104 valence electrons. The van der Waals surface area contributed by atoms with Gasteiger partial charge in [-0.25, -0.2) is 9.97 Å². The van der Waals surface area contributed by atoms with Gasteiger partial charge in [0.1, 0.15) is 17.3 Å². The fraction of sp³-hybridized carbons (Fsp3) is 0.600. The molecule has 1 unspecified atom stereocenters. The van der Waals surface area contributed by atoms with Crippen LogP contribution >= 0.6 is 0 Å². The summed E-state index contributed by atoms with van der Waals surface area (Å²) in [7, 11) is 0. The third kappa shape index (κ3) is 2.09. The molecule has 0 aromatic carbocycles. The lowest BCUT2D eigenvalue weighted by molar-refractivity contribution is 0.368. The second kappa shape index (κ2) is 4.83. The van der Waals surface area contributed by atoms with Crippen molar-refractivity contribution in [2.45, 2.75) is 54.0 Å². The van der Waals surface area contributed by atoms with E-state index in [0.29, 0.717) is 17.8 Å². The van der Waals surface area contributed by atoms with E-state index in [1.807, 2.05) is 6.92 Å². The highest BCUT2D eigenvalue weighted by molar-refractivity contribution is 5.91. The average Bonchev–Trinajstić information content (AvgIpc) is 2.54. The number of nitrogens with two attached hydrogens (primary N) is 1. The van der Waals surface area contributed by atoms with E-state index in [1.165, 1.54) is 11.3 Å². The number of aryl methyl sites for hydroxylation is 2. The summed E-state index contributed by atoms with van der Waals surface area (Å²) < 4.78 is 2.35. The maximum Gasteiger partial charge on any atom is 0.146 e. The van der Waals surface area contributed by atoms with Crippen LogP contribution in [-0.4, -0.2) is 14.5 Å². The van der Waals surface area contributed by atoms with E-state index in [9.17, 15) is 0 Å². The first-order valence-corrected chi connectivity index (χ1v) is 6.99. The van der Waals surface area contributed by atoms with Crippen molar-refractivity contribution < 1.29 is 0 Å². The highest BCUT2D eigenvalue weighted by Crippen LogP contribution is 2.34. The first-order valence-electron chi connectivity index (χ1n) is 6.99. The van der Waals surface area contributed by atoms with Crippen molar-refractivity contribution in [1.82, 2.24) is 14.5 Å². The number of anilines is 1. The van der Waals surface area contributed by atoms with Gasteiger partial charge in [0.15, 0.2) is 0 Å². The van der Waals surface area contributed by atoms with Gasteiger partial charge in [-0.15, -0.1) is 0 Å². The summed E-state index contributed by atoms with van der Waals surface area (Å²) in [5.41, 5.74) is 9.53. The molecule has 0 bridgehead atoms. The maximum atomic E-state index is 6.09. The van der Waals surface area contributed by atoms with Crippen molar-refractivity contribution in [2.24, 2.45) is 5.92 Å². The number of aromatic nitrogens is 3. The number of hydrogen-bond donors (Lipinski definition) is 1. The average molecular weight is 260 g/mol. The number of hydrogen-bond acceptors (Lipinski definition) is 3. The van der Waals surface area contributed by atoms with E-state index >= 15 is 0 Å². The molecule has 0 saturated heterocycles. The standard InChI is InChI=1S/C15H24N4/c1-7-12(8(2)3)19-10(5)9(4)13-14(16)17-11(6)18-15(13)19/h8,12H,7H2,1-6H3,(H2,16,17,18). The van der Waals surface area contributed by atoms with Crippen molar-refractivity contribution in [2.75, 3.05) is 5.73 Å². The lowest BCUT2D eigenvalue weighted by atomic mass is 10.0. The molecule has 0 amide bonds. The van der Waals surface area contributed by atoms with Crippen LogP contribution in [0.1, 0.15) is 50.3 Å². The van der Waals surface area contributed by atoms with Crippen molar-refractivity contribution in [3.05, 3.63) is 17.1 Å². The number of nitrogens with zero attached hydrogens (tertiary/aromatic N) is 3. The second-order valence-electron chi connectivity index (χ2n) is 5.65. The maximum absolute atomic E-state index is 6.09. The van der Waals surface area contributed by atoms with Gasteiger partial charge >= 0.3 is 0 Å². The SMILES string of the molecule is CCC(C(C)C)n1c(C)c(C)c2c(N)nc(C)nc21. The molecule has 0 spiro atoms. The number of nitrogen functional groups attached to an aromatic ring is 1. The third-order valence-electron chi connectivity index (χ3n) is 4.06. The van der Waals surface area contributed by atoms with E-state index in [4.69, 9.17) is 5.73 Å². The molecule has 4 nitrogen and oxygen atoms in total. The summed E-state index contributed by atoms with van der Waals surface area (Å²) in [6.45, 7) is 12.9. The molecule has 2 N–H and O–H groups in total. The lowest BCUT2D eigenvalue weighted by Gasteiger charge is -2.24. The summed E-state index contributed by atoms with van der Waals surface area (Å²) in [6.07, 6.45) is 1.09. The zero-order valence-corrected chi connectivity index (χ0v) is 12.8. The van der Waals surface area contributed by atoms with E-state index in [1.54, 1.807) is 0 Å². The molecule has 1 atom stereocenters. The summed E-state index contributed by atoms with van der Waals surface area (Å²) >= 11 is 0. The van der Waals surface area contributed by atoms with Crippen LogP contribution in [0.2, 0.25) is 0 Å². The van der Waals surface area contributed by atoms with Gasteiger partial charge in [-0.3, -0.25) is 0 Å². The number of fused-ring (bicyclic) bond motifs is 1. The topological polar surface area (TPSA) is 56.7 Å². The first kappa shape index (κ1) is 13.8. The van der Waals surface area contributed by atoms with Crippen LogP contribution in [0.25, 0.3) is 11.0 Å². The third-order valence-corrected chi connectivity index (χ3v) is 4.06. The Balaban J connectivity index is 2.84. The minimum atomic E-state index is 0.449. The van der Waals surface area contributed by atoms with E-state index in [-0.39, 0.29) is 0 Å². The molecular formula is C15H24N4. The minimum Gasteiger partial charge on any atom is -0.383 e. The van der Waals surface area contributed by atoms with Crippen LogP contribution in [0.4, 0.5) is 5.82 Å². The molecular weight excluding hydrogens is 236 g/mol. The summed E-state index contributed by atoms with van der Waals surface area (Å²) in [4.78, 5) is 8.94. The van der Waals surface area contributed by atoms with Crippen LogP contribution < -0.4 is 5.73 Å². The predicted molar refractivity (Wildman–Crippen MR) is 80.3 cm³/mol. The summed E-state index contributed by atoms with van der Waals surface area (Å²) in [5, 5.41) is 1.02. The molecule has 0 saturated carbocycles. The summed E-state index contributed by atoms with van der Waals surface area (Å²) in [6, 6.07) is 0.449. The van der Waals surface area contributed by atoms with E-state index in [0.717, 1.165) is 23.3 Å². The van der Waals surface area contributed by atoms with Crippen LogP contribution in [0.3, 0.4) is 0 Å². The molecule has 2 aromatic heterocycles. The van der Waals surface area contributed by atoms with E-state index in [2.05, 4.69) is 49.2 Å². The van der Waals surface area contributed by atoms with Crippen molar-refractivity contribution in [3.63, 3.8) is 0 Å². The van der Waals surface area contributed by atoms with Crippen LogP contribution in [0.15, 0.2) is 0 Å². The first-order chi connectivity index (χ1) is 8.88. The molecule has 0 aliphatic carbocycles. The molecule has 0 aliphatic rings. The van der Waals surface area contributed by atoms with Gasteiger partial charge in [0.05, 0.1) is 5.39 Å². The second-order valence-corrected chi connectivity index (χ2v) is 5.65. The Bertz CT molecular complexity index is 610. The van der Waals surface area contributed by atoms with Crippen molar-refractivity contribution in [1.29, 1.82) is 0 Å². The number of rotatable bonds is 3. The fourth-order valence-corrected chi connectivity index (χ4v) is 2.99. The van der Waals surface area contributed by atoms with Gasteiger partial charge in [0.2, 0.25) is 0 Å². The van der Waals surface area contributed by atoms with Gasteiger partial charge < -0.3 is 10.3 Å². The Hall–Kier alpha value is -1.58. The Labute approximate surface area is 115 Å².